The lowest BCUT2D eigenvalue weighted by atomic mass is 10.1. The van der Waals surface area contributed by atoms with Crippen LogP contribution in [-0.2, 0) is 18.3 Å². The van der Waals surface area contributed by atoms with Gasteiger partial charge in [-0.2, -0.15) is 12.6 Å². The van der Waals surface area contributed by atoms with Crippen molar-refractivity contribution < 1.29 is 23.9 Å². The second-order valence-corrected chi connectivity index (χ2v) is 13.9. The Balaban J connectivity index is 1.02. The Morgan fingerprint density at radius 1 is 1.04 bits per heavy atom. The van der Waals surface area contributed by atoms with Crippen molar-refractivity contribution >= 4 is 53.6 Å². The molecule has 0 unspecified atom stereocenters. The smallest absolute Gasteiger partial charge is 0.267 e. The third-order valence-corrected chi connectivity index (χ3v) is 8.51. The Labute approximate surface area is 285 Å². The number of methoxy groups -OCH3 is 1. The van der Waals surface area contributed by atoms with Gasteiger partial charge in [0.25, 0.3) is 11.8 Å². The molecule has 2 aliphatic heterocycles. The number of amides is 3. The van der Waals surface area contributed by atoms with Gasteiger partial charge in [0, 0.05) is 66.6 Å². The first kappa shape index (κ1) is 32.9. The third-order valence-electron chi connectivity index (χ3n) is 8.36. The Bertz CT molecular complexity index is 1890. The summed E-state index contributed by atoms with van der Waals surface area (Å²) in [7, 11) is 3.37. The summed E-state index contributed by atoms with van der Waals surface area (Å²) in [5.74, 6) is 0.473. The van der Waals surface area contributed by atoms with Crippen LogP contribution in [0.4, 0.5) is 17.1 Å². The largest absolute Gasteiger partial charge is 0.493 e. The molecule has 3 heterocycles. The summed E-state index contributed by atoms with van der Waals surface area (Å²) < 4.78 is 13.1. The summed E-state index contributed by atoms with van der Waals surface area (Å²) in [6.07, 6.45) is 5.16. The van der Waals surface area contributed by atoms with Crippen molar-refractivity contribution in [3.05, 3.63) is 89.7 Å². The van der Waals surface area contributed by atoms with Crippen molar-refractivity contribution in [2.24, 2.45) is 12.0 Å². The topological polar surface area (TPSA) is 114 Å². The van der Waals surface area contributed by atoms with Gasteiger partial charge in [-0.05, 0) is 61.7 Å². The first-order chi connectivity index (χ1) is 23.0. The number of aryl methyl sites for hydroxylation is 1. The molecule has 0 radical (unpaired) electrons. The summed E-state index contributed by atoms with van der Waals surface area (Å²) in [6.45, 7) is 4.61. The van der Waals surface area contributed by atoms with Gasteiger partial charge >= 0.3 is 0 Å². The lowest BCUT2D eigenvalue weighted by molar-refractivity contribution is -0.116. The van der Waals surface area contributed by atoms with Gasteiger partial charge in [-0.3, -0.25) is 24.3 Å². The zero-order valence-corrected chi connectivity index (χ0v) is 28.3. The van der Waals surface area contributed by atoms with Crippen LogP contribution in [0.25, 0.3) is 11.1 Å². The maximum atomic E-state index is 13.6. The maximum Gasteiger partial charge on any atom is 0.267 e. The number of para-hydroxylation sites is 1. The van der Waals surface area contributed by atoms with Crippen molar-refractivity contribution in [1.82, 2.24) is 9.88 Å². The molecule has 0 saturated heterocycles. The molecule has 6 rings (SSSR count). The van der Waals surface area contributed by atoms with Crippen molar-refractivity contribution in [1.29, 1.82) is 0 Å². The summed E-state index contributed by atoms with van der Waals surface area (Å²) in [5, 5.41) is 5.85. The average Bonchev–Trinajstić information content (AvgIpc) is 3.61. The zero-order valence-electron chi connectivity index (χ0n) is 27.4. The van der Waals surface area contributed by atoms with E-state index in [4.69, 9.17) is 9.47 Å². The highest BCUT2D eigenvalue weighted by Crippen LogP contribution is 2.41. The van der Waals surface area contributed by atoms with E-state index in [1.54, 1.807) is 21.6 Å². The van der Waals surface area contributed by atoms with E-state index in [1.165, 1.54) is 7.11 Å². The molecule has 10 nitrogen and oxygen atoms in total. The van der Waals surface area contributed by atoms with Crippen LogP contribution >= 0.6 is 12.6 Å². The van der Waals surface area contributed by atoms with E-state index in [9.17, 15) is 14.4 Å². The number of thiol groups is 1. The lowest BCUT2D eigenvalue weighted by Crippen LogP contribution is -2.37. The number of aromatic nitrogens is 1. The number of anilines is 2. The van der Waals surface area contributed by atoms with E-state index < -0.39 is 0 Å². The van der Waals surface area contributed by atoms with Crippen LogP contribution in [0.5, 0.6) is 11.5 Å². The number of carbonyl (C=O) groups excluding carboxylic acids is 3. The number of benzene rings is 3. The van der Waals surface area contributed by atoms with Crippen LogP contribution in [-0.4, -0.2) is 59.6 Å². The SMILES string of the molecule is COc1cc2c(cc1OCCCC(=O)Nc1ccc(-c3cc(C(=O)NCC(C)(C)S)n(C)c3)cc1)N=C[C@@H]1Cc3ccccc3N1C2=O. The van der Waals surface area contributed by atoms with E-state index in [2.05, 4.69) is 28.3 Å². The molecule has 48 heavy (non-hydrogen) atoms. The second kappa shape index (κ2) is 13.6. The van der Waals surface area contributed by atoms with Crippen molar-refractivity contribution in [2.45, 2.75) is 43.9 Å². The molecule has 4 aromatic rings. The second-order valence-electron chi connectivity index (χ2n) is 12.7. The third kappa shape index (κ3) is 7.11. The fourth-order valence-corrected chi connectivity index (χ4v) is 5.99. The molecule has 0 fully saturated rings. The van der Waals surface area contributed by atoms with Gasteiger partial charge in [0.2, 0.25) is 5.91 Å². The highest BCUT2D eigenvalue weighted by molar-refractivity contribution is 7.81. The maximum absolute atomic E-state index is 13.6. The van der Waals surface area contributed by atoms with Crippen LogP contribution in [0.3, 0.4) is 0 Å². The molecule has 11 heteroatoms. The summed E-state index contributed by atoms with van der Waals surface area (Å²) >= 11 is 4.47. The zero-order chi connectivity index (χ0) is 34.0. The number of carbonyl (C=O) groups is 3. The van der Waals surface area contributed by atoms with Gasteiger partial charge in [-0.15, -0.1) is 0 Å². The van der Waals surface area contributed by atoms with Crippen molar-refractivity contribution in [2.75, 3.05) is 30.5 Å². The van der Waals surface area contributed by atoms with Crippen LogP contribution in [0.15, 0.2) is 77.9 Å². The molecule has 0 saturated carbocycles. The predicted octanol–water partition coefficient (Wildman–Crippen LogP) is 6.22. The van der Waals surface area contributed by atoms with Crippen LogP contribution in [0.2, 0.25) is 0 Å². The summed E-state index contributed by atoms with van der Waals surface area (Å²) in [5.41, 5.74) is 6.06. The van der Waals surface area contributed by atoms with Gasteiger partial charge in [0.1, 0.15) is 5.69 Å². The molecule has 0 aliphatic carbocycles. The molecule has 2 N–H and O–H groups in total. The summed E-state index contributed by atoms with van der Waals surface area (Å²) in [4.78, 5) is 45.4. The Morgan fingerprint density at radius 3 is 2.56 bits per heavy atom. The first-order valence-electron chi connectivity index (χ1n) is 15.9. The first-order valence-corrected chi connectivity index (χ1v) is 16.3. The number of aliphatic imine (C=N–C) groups is 1. The quantitative estimate of drug-likeness (QED) is 0.130. The normalized spacial score (nSPS) is 14.9. The molecule has 3 aromatic carbocycles. The van der Waals surface area contributed by atoms with E-state index in [-0.39, 0.29) is 41.5 Å². The average molecular weight is 666 g/mol. The molecule has 0 spiro atoms. The molecule has 1 atom stereocenters. The van der Waals surface area contributed by atoms with Crippen LogP contribution in [0.1, 0.15) is 53.1 Å². The molecule has 1 aromatic heterocycles. The Morgan fingerprint density at radius 2 is 1.81 bits per heavy atom. The van der Waals surface area contributed by atoms with Gasteiger partial charge in [0.15, 0.2) is 11.5 Å². The van der Waals surface area contributed by atoms with Crippen molar-refractivity contribution in [3.8, 4) is 22.6 Å². The minimum Gasteiger partial charge on any atom is -0.493 e. The molecule has 0 bridgehead atoms. The molecular formula is C37H39N5O5S. The van der Waals surface area contributed by atoms with E-state index >= 15 is 0 Å². The minimum atomic E-state index is -0.309. The van der Waals surface area contributed by atoms with Crippen LogP contribution < -0.4 is 25.0 Å². The Hall–Kier alpha value is -5.03. The number of nitrogens with zero attached hydrogens (tertiary/aromatic N) is 3. The summed E-state index contributed by atoms with van der Waals surface area (Å²) in [6, 6.07) is 20.5. The van der Waals surface area contributed by atoms with E-state index in [1.807, 2.05) is 87.9 Å². The number of hydrogen-bond acceptors (Lipinski definition) is 7. The van der Waals surface area contributed by atoms with Crippen LogP contribution in [0, 0.1) is 0 Å². The molecule has 2 aliphatic rings. The van der Waals surface area contributed by atoms with E-state index in [0.717, 1.165) is 28.8 Å². The predicted molar refractivity (Wildman–Crippen MR) is 191 cm³/mol. The number of fused-ring (bicyclic) bond motifs is 4. The molecule has 3 amide bonds. The van der Waals surface area contributed by atoms with Gasteiger partial charge in [0.05, 0.1) is 31.0 Å². The number of ether oxygens (including phenoxy) is 2. The highest BCUT2D eigenvalue weighted by Gasteiger charge is 2.36. The fourth-order valence-electron chi connectivity index (χ4n) is 5.91. The monoisotopic (exact) mass is 665 g/mol. The minimum absolute atomic E-state index is 0.128. The van der Waals surface area contributed by atoms with E-state index in [0.29, 0.717) is 47.1 Å². The number of rotatable bonds is 11. The highest BCUT2D eigenvalue weighted by atomic mass is 32.1. The Kier molecular flexibility index (Phi) is 9.32. The molecular weight excluding hydrogens is 627 g/mol. The standard InChI is InChI=1S/C37H39N5O5S/c1-37(2,48)22-39-35(44)31-17-25(21-41(31)3)23-11-13-26(14-12-23)40-34(43)10-7-15-47-33-19-29-28(18-32(33)46-4)36(45)42-27(20-38-29)16-24-8-5-6-9-30(24)42/h5-6,8-9,11-14,17-21,27,48H,7,10,15-16,22H2,1-4H3,(H,39,44)(H,40,43)/t27-/m0/s1. The number of hydrogen-bond donors (Lipinski definition) is 3. The van der Waals surface area contributed by atoms with Gasteiger partial charge in [-0.25, -0.2) is 0 Å². The van der Waals surface area contributed by atoms with Gasteiger partial charge in [-0.1, -0.05) is 30.3 Å². The fraction of sp³-hybridized carbons (Fsp3) is 0.297. The van der Waals surface area contributed by atoms with Crippen molar-refractivity contribution in [3.63, 3.8) is 0 Å². The lowest BCUT2D eigenvalue weighted by Gasteiger charge is -2.22. The van der Waals surface area contributed by atoms with Gasteiger partial charge < -0.3 is 24.7 Å². The molecule has 248 valence electrons. The number of nitrogens with one attached hydrogen (secondary N) is 2.